The number of amides is 2. The zero-order valence-electron chi connectivity index (χ0n) is 11.9. The summed E-state index contributed by atoms with van der Waals surface area (Å²) in [5.74, 6) is -0.290. The van der Waals surface area contributed by atoms with E-state index in [-0.39, 0.29) is 18.7 Å². The minimum absolute atomic E-state index is 0.0936. The monoisotopic (exact) mass is 297 g/mol. The minimum Gasteiger partial charge on any atom is -0.480 e. The molecule has 0 saturated carbocycles. The van der Waals surface area contributed by atoms with Gasteiger partial charge in [-0.15, -0.1) is 10.2 Å². The number of hydrogen-bond donors (Lipinski definition) is 2. The predicted molar refractivity (Wildman–Crippen MR) is 71.4 cm³/mol. The highest BCUT2D eigenvalue weighted by Crippen LogP contribution is 2.13. The second-order valence-electron chi connectivity index (χ2n) is 4.91. The van der Waals surface area contributed by atoms with Crippen molar-refractivity contribution in [1.82, 2.24) is 25.0 Å². The van der Waals surface area contributed by atoms with Crippen LogP contribution in [0.1, 0.15) is 18.7 Å². The molecule has 2 rings (SSSR count). The third-order valence-corrected chi connectivity index (χ3v) is 3.37. The van der Waals surface area contributed by atoms with Crippen LogP contribution in [0.5, 0.6) is 0 Å². The van der Waals surface area contributed by atoms with Crippen LogP contribution < -0.4 is 5.32 Å². The Morgan fingerprint density at radius 1 is 1.48 bits per heavy atom. The third kappa shape index (κ3) is 4.42. The second kappa shape index (κ2) is 7.02. The average molecular weight is 297 g/mol. The molecule has 116 valence electrons. The van der Waals surface area contributed by atoms with Crippen molar-refractivity contribution in [2.45, 2.75) is 25.5 Å². The first-order valence-corrected chi connectivity index (χ1v) is 6.75. The second-order valence-corrected chi connectivity index (χ2v) is 4.91. The van der Waals surface area contributed by atoms with Crippen LogP contribution >= 0.6 is 0 Å². The van der Waals surface area contributed by atoms with Crippen molar-refractivity contribution in [2.75, 3.05) is 19.7 Å². The Labute approximate surface area is 121 Å². The van der Waals surface area contributed by atoms with Crippen LogP contribution in [0.3, 0.4) is 0 Å². The van der Waals surface area contributed by atoms with Gasteiger partial charge < -0.3 is 24.6 Å². The fraction of sp³-hybridized carbons (Fsp3) is 0.667. The first kappa shape index (κ1) is 15.2. The van der Waals surface area contributed by atoms with Gasteiger partial charge in [0.25, 0.3) is 0 Å². The van der Waals surface area contributed by atoms with Gasteiger partial charge in [0.05, 0.1) is 12.6 Å². The Hall–Kier alpha value is -2.16. The maximum absolute atomic E-state index is 12.0. The number of aliphatic carboxylic acids is 1. The molecule has 9 heteroatoms. The number of carboxylic acid groups (broad SMARTS) is 1. The van der Waals surface area contributed by atoms with E-state index in [1.54, 1.807) is 15.8 Å². The topological polar surface area (TPSA) is 110 Å². The van der Waals surface area contributed by atoms with Crippen molar-refractivity contribution >= 4 is 12.0 Å². The number of hydrogen-bond acceptors (Lipinski definition) is 5. The number of carbonyl (C=O) groups excluding carboxylic acids is 1. The van der Waals surface area contributed by atoms with Crippen molar-refractivity contribution in [3.63, 3.8) is 0 Å². The summed E-state index contributed by atoms with van der Waals surface area (Å²) >= 11 is 0. The SMILES string of the molecule is Cn1cnnc1CNC(=O)N1CCC(OCC(=O)O)CC1. The van der Waals surface area contributed by atoms with Crippen LogP contribution in [0.15, 0.2) is 6.33 Å². The quantitative estimate of drug-likeness (QED) is 0.764. The van der Waals surface area contributed by atoms with Crippen molar-refractivity contribution in [3.05, 3.63) is 12.2 Å². The number of carboxylic acids is 1. The highest BCUT2D eigenvalue weighted by molar-refractivity contribution is 5.74. The van der Waals surface area contributed by atoms with Crippen molar-refractivity contribution in [2.24, 2.45) is 7.05 Å². The Morgan fingerprint density at radius 2 is 2.19 bits per heavy atom. The predicted octanol–water partition coefficient (Wildman–Crippen LogP) is -0.410. The van der Waals surface area contributed by atoms with Gasteiger partial charge in [-0.2, -0.15) is 0 Å². The number of carbonyl (C=O) groups is 2. The molecule has 1 aromatic heterocycles. The number of aryl methyl sites for hydroxylation is 1. The fourth-order valence-corrected chi connectivity index (χ4v) is 2.15. The molecule has 1 aliphatic rings. The van der Waals surface area contributed by atoms with Gasteiger partial charge in [-0.3, -0.25) is 0 Å². The normalized spacial score (nSPS) is 16.0. The summed E-state index contributed by atoms with van der Waals surface area (Å²) in [7, 11) is 1.81. The van der Waals surface area contributed by atoms with Crippen LogP contribution in [0.4, 0.5) is 4.79 Å². The van der Waals surface area contributed by atoms with Gasteiger partial charge in [0, 0.05) is 20.1 Å². The molecule has 2 N–H and O–H groups in total. The lowest BCUT2D eigenvalue weighted by Crippen LogP contribution is -2.46. The lowest BCUT2D eigenvalue weighted by atomic mass is 10.1. The van der Waals surface area contributed by atoms with Gasteiger partial charge in [-0.05, 0) is 12.8 Å². The maximum atomic E-state index is 12.0. The van der Waals surface area contributed by atoms with Crippen LogP contribution in [0, 0.1) is 0 Å². The van der Waals surface area contributed by atoms with Gasteiger partial charge in [-0.25, -0.2) is 9.59 Å². The summed E-state index contributed by atoms with van der Waals surface area (Å²) in [5.41, 5.74) is 0. The zero-order valence-corrected chi connectivity index (χ0v) is 11.9. The fourth-order valence-electron chi connectivity index (χ4n) is 2.15. The summed E-state index contributed by atoms with van der Waals surface area (Å²) in [6, 6.07) is -0.158. The average Bonchev–Trinajstić information content (AvgIpc) is 2.88. The summed E-state index contributed by atoms with van der Waals surface area (Å²) in [6.07, 6.45) is 2.77. The van der Waals surface area contributed by atoms with E-state index in [1.807, 2.05) is 7.05 Å². The molecule has 9 nitrogen and oxygen atoms in total. The molecule has 2 heterocycles. The summed E-state index contributed by atoms with van der Waals surface area (Å²) in [4.78, 5) is 24.1. The maximum Gasteiger partial charge on any atom is 0.329 e. The molecule has 0 aliphatic carbocycles. The van der Waals surface area contributed by atoms with Crippen molar-refractivity contribution in [3.8, 4) is 0 Å². The van der Waals surface area contributed by atoms with Crippen LogP contribution in [0.25, 0.3) is 0 Å². The summed E-state index contributed by atoms with van der Waals surface area (Å²) < 4.78 is 6.97. The number of aromatic nitrogens is 3. The molecule has 1 aliphatic heterocycles. The molecule has 0 radical (unpaired) electrons. The van der Waals surface area contributed by atoms with Crippen molar-refractivity contribution < 1.29 is 19.4 Å². The molecule has 0 aromatic carbocycles. The molecule has 0 bridgehead atoms. The summed E-state index contributed by atoms with van der Waals surface area (Å²) in [5, 5.41) is 19.0. The number of rotatable bonds is 5. The number of nitrogens with zero attached hydrogens (tertiary/aromatic N) is 4. The Morgan fingerprint density at radius 3 is 2.76 bits per heavy atom. The Bertz CT molecular complexity index is 496. The highest BCUT2D eigenvalue weighted by atomic mass is 16.5. The van der Waals surface area contributed by atoms with E-state index in [9.17, 15) is 9.59 Å². The minimum atomic E-state index is -0.973. The van der Waals surface area contributed by atoms with Gasteiger partial charge in [0.2, 0.25) is 0 Å². The van der Waals surface area contributed by atoms with E-state index in [0.717, 1.165) is 0 Å². The molecule has 0 spiro atoms. The largest absolute Gasteiger partial charge is 0.480 e. The standard InChI is InChI=1S/C12H19N5O4/c1-16-8-14-15-10(16)6-13-12(20)17-4-2-9(3-5-17)21-7-11(18)19/h8-9H,2-7H2,1H3,(H,13,20)(H,18,19). The van der Waals surface area contributed by atoms with Gasteiger partial charge in [0.1, 0.15) is 12.9 Å². The molecule has 1 aromatic rings. The molecule has 21 heavy (non-hydrogen) atoms. The lowest BCUT2D eigenvalue weighted by molar-refractivity contribution is -0.145. The first-order chi connectivity index (χ1) is 10.1. The van der Waals surface area contributed by atoms with Crippen LogP contribution in [-0.2, 0) is 23.1 Å². The number of ether oxygens (including phenoxy) is 1. The van der Waals surface area contributed by atoms with Gasteiger partial charge in [0.15, 0.2) is 5.82 Å². The van der Waals surface area contributed by atoms with E-state index in [0.29, 0.717) is 38.3 Å². The molecule has 1 saturated heterocycles. The first-order valence-electron chi connectivity index (χ1n) is 6.75. The van der Waals surface area contributed by atoms with Gasteiger partial charge in [-0.1, -0.05) is 0 Å². The van der Waals surface area contributed by atoms with Crippen LogP contribution in [0.2, 0.25) is 0 Å². The Kier molecular flexibility index (Phi) is 5.09. The van der Waals surface area contributed by atoms with Crippen molar-refractivity contribution in [1.29, 1.82) is 0 Å². The smallest absolute Gasteiger partial charge is 0.329 e. The molecule has 1 fully saturated rings. The van der Waals surface area contributed by atoms with E-state index in [4.69, 9.17) is 9.84 Å². The number of piperidine rings is 1. The third-order valence-electron chi connectivity index (χ3n) is 3.37. The molecular formula is C12H19N5O4. The van der Waals surface area contributed by atoms with E-state index >= 15 is 0 Å². The van der Waals surface area contributed by atoms with Crippen LogP contribution in [-0.4, -0.2) is 62.6 Å². The lowest BCUT2D eigenvalue weighted by Gasteiger charge is -2.31. The molecule has 0 unspecified atom stereocenters. The molecule has 0 atom stereocenters. The van der Waals surface area contributed by atoms with E-state index in [1.165, 1.54) is 0 Å². The molecular weight excluding hydrogens is 278 g/mol. The highest BCUT2D eigenvalue weighted by Gasteiger charge is 2.23. The Balaban J connectivity index is 1.70. The zero-order chi connectivity index (χ0) is 15.2. The number of likely N-dealkylation sites (tertiary alicyclic amines) is 1. The van der Waals surface area contributed by atoms with E-state index in [2.05, 4.69) is 15.5 Å². The molecule has 2 amide bonds. The number of nitrogens with one attached hydrogen (secondary N) is 1. The summed E-state index contributed by atoms with van der Waals surface area (Å²) in [6.45, 7) is 1.14. The van der Waals surface area contributed by atoms with Gasteiger partial charge >= 0.3 is 12.0 Å². The number of urea groups is 1. The van der Waals surface area contributed by atoms with E-state index < -0.39 is 5.97 Å².